The zero-order valence-electron chi connectivity index (χ0n) is 9.39. The number of hydrogen-bond donors (Lipinski definition) is 1. The molecule has 0 aromatic heterocycles. The molecule has 1 aromatic rings. The lowest BCUT2D eigenvalue weighted by molar-refractivity contribution is 0.0940. The summed E-state index contributed by atoms with van der Waals surface area (Å²) < 4.78 is 12.6. The first-order chi connectivity index (χ1) is 7.44. The minimum Gasteiger partial charge on any atom is -0.351 e. The van der Waals surface area contributed by atoms with E-state index in [9.17, 15) is 9.18 Å². The van der Waals surface area contributed by atoms with Gasteiger partial charge < -0.3 is 5.32 Å². The predicted octanol–water partition coefficient (Wildman–Crippen LogP) is 2.82. The van der Waals surface area contributed by atoms with Gasteiger partial charge in [-0.1, -0.05) is 13.8 Å². The molecule has 1 N–H and O–H groups in total. The number of halogens is 2. The number of nitrogens with one attached hydrogen (secondary N) is 1. The van der Waals surface area contributed by atoms with Crippen LogP contribution in [0.4, 0.5) is 4.39 Å². The first-order valence-corrected chi connectivity index (χ1v) is 5.58. The van der Waals surface area contributed by atoms with E-state index in [4.69, 9.17) is 11.6 Å². The highest BCUT2D eigenvalue weighted by Gasteiger charge is 2.17. The molecule has 1 aromatic carbocycles. The normalized spacial score (nSPS) is 11.2. The molecular formula is C12H15ClFNO. The molecule has 0 radical (unpaired) electrons. The molecular weight excluding hydrogens is 229 g/mol. The average molecular weight is 244 g/mol. The summed E-state index contributed by atoms with van der Waals surface area (Å²) >= 11 is 5.74. The highest BCUT2D eigenvalue weighted by atomic mass is 35.5. The summed E-state index contributed by atoms with van der Waals surface area (Å²) in [6.45, 7) is 4.42. The molecule has 0 aliphatic rings. The van der Waals surface area contributed by atoms with Gasteiger partial charge in [0, 0.05) is 18.0 Å². The van der Waals surface area contributed by atoms with Crippen LogP contribution >= 0.6 is 11.6 Å². The zero-order chi connectivity index (χ0) is 12.2. The Kier molecular flexibility index (Phi) is 4.30. The van der Waals surface area contributed by atoms with E-state index in [1.807, 2.05) is 13.8 Å². The zero-order valence-corrected chi connectivity index (χ0v) is 10.1. The predicted molar refractivity (Wildman–Crippen MR) is 63.2 cm³/mol. The Balaban J connectivity index is 2.56. The van der Waals surface area contributed by atoms with Crippen molar-refractivity contribution in [1.29, 1.82) is 0 Å². The standard InChI is InChI=1S/C12H15ClFNO/c1-12(2,7-13)8-15-11(16)9-3-5-10(14)6-4-9/h3-6H,7-8H2,1-2H3,(H,15,16). The summed E-state index contributed by atoms with van der Waals surface area (Å²) in [7, 11) is 0. The second-order valence-corrected chi connectivity index (χ2v) is 4.75. The van der Waals surface area contributed by atoms with Crippen LogP contribution in [0.25, 0.3) is 0 Å². The highest BCUT2D eigenvalue weighted by Crippen LogP contribution is 2.15. The maximum absolute atomic E-state index is 12.6. The smallest absolute Gasteiger partial charge is 0.251 e. The first kappa shape index (κ1) is 13.0. The van der Waals surface area contributed by atoms with Crippen molar-refractivity contribution in [3.63, 3.8) is 0 Å². The van der Waals surface area contributed by atoms with Crippen molar-refractivity contribution in [2.45, 2.75) is 13.8 Å². The van der Waals surface area contributed by atoms with E-state index < -0.39 is 0 Å². The number of carbonyl (C=O) groups excluding carboxylic acids is 1. The fourth-order valence-corrected chi connectivity index (χ4v) is 1.16. The fourth-order valence-electron chi connectivity index (χ4n) is 1.07. The third kappa shape index (κ3) is 3.81. The monoisotopic (exact) mass is 243 g/mol. The molecule has 1 amide bonds. The van der Waals surface area contributed by atoms with Crippen molar-refractivity contribution in [3.8, 4) is 0 Å². The van der Waals surface area contributed by atoms with Crippen LogP contribution in [0.2, 0.25) is 0 Å². The molecule has 2 nitrogen and oxygen atoms in total. The van der Waals surface area contributed by atoms with Gasteiger partial charge in [-0.05, 0) is 29.7 Å². The Hall–Kier alpha value is -1.09. The van der Waals surface area contributed by atoms with Gasteiger partial charge in [-0.25, -0.2) is 4.39 Å². The molecule has 88 valence electrons. The largest absolute Gasteiger partial charge is 0.351 e. The summed E-state index contributed by atoms with van der Waals surface area (Å²) in [5.41, 5.74) is 0.309. The second kappa shape index (κ2) is 5.30. The second-order valence-electron chi connectivity index (χ2n) is 4.49. The van der Waals surface area contributed by atoms with Crippen molar-refractivity contribution < 1.29 is 9.18 Å². The van der Waals surface area contributed by atoms with Crippen molar-refractivity contribution in [2.24, 2.45) is 5.41 Å². The SMILES string of the molecule is CC(C)(CCl)CNC(=O)c1ccc(F)cc1. The third-order valence-electron chi connectivity index (χ3n) is 2.20. The van der Waals surface area contributed by atoms with Crippen LogP contribution in [-0.4, -0.2) is 18.3 Å². The Morgan fingerprint density at radius 1 is 1.38 bits per heavy atom. The van der Waals surface area contributed by atoms with E-state index in [1.54, 1.807) is 0 Å². The number of rotatable bonds is 4. The van der Waals surface area contributed by atoms with Crippen molar-refractivity contribution in [3.05, 3.63) is 35.6 Å². The van der Waals surface area contributed by atoms with Crippen molar-refractivity contribution in [2.75, 3.05) is 12.4 Å². The van der Waals surface area contributed by atoms with Gasteiger partial charge in [0.1, 0.15) is 5.82 Å². The molecule has 0 atom stereocenters. The summed E-state index contributed by atoms with van der Waals surface area (Å²) in [5.74, 6) is -0.0905. The van der Waals surface area contributed by atoms with Crippen molar-refractivity contribution in [1.82, 2.24) is 5.32 Å². The minimum atomic E-state index is -0.349. The average Bonchev–Trinajstić information content (AvgIpc) is 2.27. The highest BCUT2D eigenvalue weighted by molar-refractivity contribution is 6.18. The quantitative estimate of drug-likeness (QED) is 0.810. The third-order valence-corrected chi connectivity index (χ3v) is 2.92. The van der Waals surface area contributed by atoms with Crippen LogP contribution in [0.15, 0.2) is 24.3 Å². The van der Waals surface area contributed by atoms with E-state index in [0.717, 1.165) is 0 Å². The summed E-state index contributed by atoms with van der Waals surface area (Å²) in [6.07, 6.45) is 0. The number of carbonyl (C=O) groups is 1. The minimum absolute atomic E-state index is 0.142. The molecule has 0 saturated heterocycles. The van der Waals surface area contributed by atoms with Crippen LogP contribution in [0, 0.1) is 11.2 Å². The van der Waals surface area contributed by atoms with Gasteiger partial charge in [0.15, 0.2) is 0 Å². The van der Waals surface area contributed by atoms with Gasteiger partial charge in [-0.15, -0.1) is 11.6 Å². The van der Waals surface area contributed by atoms with Gasteiger partial charge in [-0.2, -0.15) is 0 Å². The first-order valence-electron chi connectivity index (χ1n) is 5.04. The van der Waals surface area contributed by atoms with Gasteiger partial charge in [-0.3, -0.25) is 4.79 Å². The lowest BCUT2D eigenvalue weighted by Crippen LogP contribution is -2.34. The molecule has 0 unspecified atom stereocenters. The molecule has 0 heterocycles. The maximum atomic E-state index is 12.6. The Labute approximate surface area is 99.8 Å². The van der Waals surface area contributed by atoms with E-state index in [0.29, 0.717) is 18.0 Å². The van der Waals surface area contributed by atoms with Crippen LogP contribution in [0.3, 0.4) is 0 Å². The van der Waals surface area contributed by atoms with Gasteiger partial charge >= 0.3 is 0 Å². The summed E-state index contributed by atoms with van der Waals surface area (Å²) in [5, 5.41) is 2.76. The molecule has 0 fully saturated rings. The molecule has 16 heavy (non-hydrogen) atoms. The molecule has 0 bridgehead atoms. The number of alkyl halides is 1. The Morgan fingerprint density at radius 3 is 2.44 bits per heavy atom. The van der Waals surface area contributed by atoms with Crippen LogP contribution < -0.4 is 5.32 Å². The van der Waals surface area contributed by atoms with E-state index in [1.165, 1.54) is 24.3 Å². The lowest BCUT2D eigenvalue weighted by Gasteiger charge is -2.21. The molecule has 0 aliphatic heterocycles. The van der Waals surface area contributed by atoms with Gasteiger partial charge in [0.2, 0.25) is 0 Å². The van der Waals surface area contributed by atoms with Gasteiger partial charge in [0.25, 0.3) is 5.91 Å². The molecule has 1 rings (SSSR count). The molecule has 0 aliphatic carbocycles. The number of hydrogen-bond acceptors (Lipinski definition) is 1. The molecule has 4 heteroatoms. The topological polar surface area (TPSA) is 29.1 Å². The van der Waals surface area contributed by atoms with Crippen LogP contribution in [-0.2, 0) is 0 Å². The van der Waals surface area contributed by atoms with E-state index in [2.05, 4.69) is 5.32 Å². The lowest BCUT2D eigenvalue weighted by atomic mass is 9.96. The van der Waals surface area contributed by atoms with Crippen molar-refractivity contribution >= 4 is 17.5 Å². The van der Waals surface area contributed by atoms with E-state index >= 15 is 0 Å². The van der Waals surface area contributed by atoms with Gasteiger partial charge in [0.05, 0.1) is 0 Å². The van der Waals surface area contributed by atoms with Crippen LogP contribution in [0.5, 0.6) is 0 Å². The maximum Gasteiger partial charge on any atom is 0.251 e. The van der Waals surface area contributed by atoms with Crippen LogP contribution in [0.1, 0.15) is 24.2 Å². The summed E-state index contributed by atoms with van der Waals surface area (Å²) in [4.78, 5) is 11.6. The molecule has 0 spiro atoms. The Bertz CT molecular complexity index is 362. The molecule has 0 saturated carbocycles. The number of benzene rings is 1. The number of amides is 1. The summed E-state index contributed by atoms with van der Waals surface area (Å²) in [6, 6.07) is 5.44. The fraction of sp³-hybridized carbons (Fsp3) is 0.417. The van der Waals surface area contributed by atoms with E-state index in [-0.39, 0.29) is 17.1 Å². The Morgan fingerprint density at radius 2 is 1.94 bits per heavy atom.